The second kappa shape index (κ2) is 4.97. The SMILES string of the molecule is CC1(C)C[C@H](OCc2ccccc2)C[C@@]1(C)C(=O)O. The summed E-state index contributed by atoms with van der Waals surface area (Å²) < 4.78 is 5.91. The van der Waals surface area contributed by atoms with Crippen LogP contribution in [0.25, 0.3) is 0 Å². The minimum absolute atomic E-state index is 0.0244. The average Bonchev–Trinajstić information content (AvgIpc) is 2.60. The second-order valence-corrected chi connectivity index (χ2v) is 6.35. The number of carboxylic acids is 1. The highest BCUT2D eigenvalue weighted by molar-refractivity contribution is 5.75. The molecule has 0 heterocycles. The fourth-order valence-corrected chi connectivity index (χ4v) is 2.88. The van der Waals surface area contributed by atoms with Crippen LogP contribution in [0.2, 0.25) is 0 Å². The molecule has 1 aromatic rings. The Labute approximate surface area is 114 Å². The number of carbonyl (C=O) groups is 1. The predicted octanol–water partition coefficient (Wildman–Crippen LogP) is 3.48. The number of hydrogen-bond donors (Lipinski definition) is 1. The highest BCUT2D eigenvalue weighted by atomic mass is 16.5. The van der Waals surface area contributed by atoms with Crippen LogP contribution in [0.15, 0.2) is 30.3 Å². The number of hydrogen-bond acceptors (Lipinski definition) is 2. The number of ether oxygens (including phenoxy) is 1. The molecule has 0 radical (unpaired) electrons. The molecular formula is C16H22O3. The number of rotatable bonds is 4. The molecule has 0 amide bonds. The molecule has 3 heteroatoms. The fraction of sp³-hybridized carbons (Fsp3) is 0.562. The lowest BCUT2D eigenvalue weighted by molar-refractivity contribution is -0.153. The summed E-state index contributed by atoms with van der Waals surface area (Å²) in [6.45, 7) is 6.43. The van der Waals surface area contributed by atoms with E-state index in [2.05, 4.69) is 0 Å². The zero-order valence-electron chi connectivity index (χ0n) is 11.8. The topological polar surface area (TPSA) is 46.5 Å². The van der Waals surface area contributed by atoms with Gasteiger partial charge in [-0.3, -0.25) is 4.79 Å². The molecule has 3 nitrogen and oxygen atoms in total. The van der Waals surface area contributed by atoms with Gasteiger partial charge < -0.3 is 9.84 Å². The van der Waals surface area contributed by atoms with Gasteiger partial charge in [0.1, 0.15) is 0 Å². The summed E-state index contributed by atoms with van der Waals surface area (Å²) in [6.07, 6.45) is 1.40. The number of benzene rings is 1. The summed E-state index contributed by atoms with van der Waals surface area (Å²) in [4.78, 5) is 11.5. The van der Waals surface area contributed by atoms with E-state index in [1.54, 1.807) is 0 Å². The van der Waals surface area contributed by atoms with E-state index in [1.165, 1.54) is 0 Å². The normalized spacial score (nSPS) is 29.3. The Hall–Kier alpha value is -1.35. The lowest BCUT2D eigenvalue weighted by atomic mass is 9.69. The minimum Gasteiger partial charge on any atom is -0.481 e. The Bertz CT molecular complexity index is 452. The molecule has 1 N–H and O–H groups in total. The van der Waals surface area contributed by atoms with Crippen molar-refractivity contribution in [2.75, 3.05) is 0 Å². The van der Waals surface area contributed by atoms with E-state index in [4.69, 9.17) is 4.74 Å². The van der Waals surface area contributed by atoms with Crippen molar-refractivity contribution in [3.63, 3.8) is 0 Å². The van der Waals surface area contributed by atoms with Gasteiger partial charge in [0.25, 0.3) is 0 Å². The first-order valence-corrected chi connectivity index (χ1v) is 6.74. The number of carboxylic acid groups (broad SMARTS) is 1. The van der Waals surface area contributed by atoms with Crippen molar-refractivity contribution in [3.8, 4) is 0 Å². The van der Waals surface area contributed by atoms with Crippen LogP contribution < -0.4 is 0 Å². The van der Waals surface area contributed by atoms with Crippen LogP contribution in [-0.2, 0) is 16.1 Å². The van der Waals surface area contributed by atoms with E-state index in [1.807, 2.05) is 51.1 Å². The van der Waals surface area contributed by atoms with Crippen molar-refractivity contribution >= 4 is 5.97 Å². The van der Waals surface area contributed by atoms with Crippen molar-refractivity contribution < 1.29 is 14.6 Å². The van der Waals surface area contributed by atoms with Gasteiger partial charge in [0.2, 0.25) is 0 Å². The van der Waals surface area contributed by atoms with Gasteiger partial charge in [0, 0.05) is 0 Å². The van der Waals surface area contributed by atoms with E-state index in [-0.39, 0.29) is 11.5 Å². The average molecular weight is 262 g/mol. The summed E-state index contributed by atoms with van der Waals surface area (Å²) in [5, 5.41) is 9.46. The fourth-order valence-electron chi connectivity index (χ4n) is 2.88. The molecule has 104 valence electrons. The van der Waals surface area contributed by atoms with Crippen molar-refractivity contribution in [1.82, 2.24) is 0 Å². The molecule has 0 unspecified atom stereocenters. The largest absolute Gasteiger partial charge is 0.481 e. The van der Waals surface area contributed by atoms with Crippen LogP contribution in [0, 0.1) is 10.8 Å². The van der Waals surface area contributed by atoms with Gasteiger partial charge in [0.15, 0.2) is 0 Å². The van der Waals surface area contributed by atoms with Gasteiger partial charge in [-0.2, -0.15) is 0 Å². The van der Waals surface area contributed by atoms with Crippen LogP contribution in [0.4, 0.5) is 0 Å². The maximum absolute atomic E-state index is 11.5. The summed E-state index contributed by atoms with van der Waals surface area (Å²) in [5.74, 6) is -0.719. The molecular weight excluding hydrogens is 240 g/mol. The molecule has 0 spiro atoms. The van der Waals surface area contributed by atoms with Gasteiger partial charge in [-0.15, -0.1) is 0 Å². The standard InChI is InChI=1S/C16H22O3/c1-15(2)9-13(10-16(15,3)14(17)18)19-11-12-7-5-4-6-8-12/h4-8,13H,9-11H2,1-3H3,(H,17,18)/t13-,16-/m0/s1. The van der Waals surface area contributed by atoms with Crippen LogP contribution in [0.5, 0.6) is 0 Å². The molecule has 1 saturated carbocycles. The Kier molecular flexibility index (Phi) is 3.68. The molecule has 1 fully saturated rings. The summed E-state index contributed by atoms with van der Waals surface area (Å²) in [7, 11) is 0. The molecule has 1 aliphatic carbocycles. The van der Waals surface area contributed by atoms with Crippen molar-refractivity contribution in [1.29, 1.82) is 0 Å². The zero-order valence-corrected chi connectivity index (χ0v) is 11.8. The molecule has 19 heavy (non-hydrogen) atoms. The summed E-state index contributed by atoms with van der Waals surface area (Å²) in [5.41, 5.74) is 0.193. The quantitative estimate of drug-likeness (QED) is 0.903. The van der Waals surface area contributed by atoms with Crippen molar-refractivity contribution in [2.24, 2.45) is 10.8 Å². The smallest absolute Gasteiger partial charge is 0.309 e. The van der Waals surface area contributed by atoms with E-state index < -0.39 is 11.4 Å². The first-order valence-electron chi connectivity index (χ1n) is 6.74. The Morgan fingerprint density at radius 3 is 2.42 bits per heavy atom. The first kappa shape index (κ1) is 14.1. The number of aliphatic carboxylic acids is 1. The van der Waals surface area contributed by atoms with Crippen LogP contribution >= 0.6 is 0 Å². The maximum atomic E-state index is 11.5. The Morgan fingerprint density at radius 1 is 1.26 bits per heavy atom. The molecule has 2 atom stereocenters. The molecule has 1 aliphatic rings. The lowest BCUT2D eigenvalue weighted by Gasteiger charge is -2.33. The molecule has 0 aliphatic heterocycles. The minimum atomic E-state index is -0.719. The molecule has 2 rings (SSSR count). The Balaban J connectivity index is 2.00. The van der Waals surface area contributed by atoms with E-state index in [9.17, 15) is 9.90 Å². The van der Waals surface area contributed by atoms with Crippen molar-refractivity contribution in [2.45, 2.75) is 46.3 Å². The third-order valence-electron chi connectivity index (χ3n) is 4.67. The maximum Gasteiger partial charge on any atom is 0.309 e. The third kappa shape index (κ3) is 2.66. The monoisotopic (exact) mass is 262 g/mol. The van der Waals surface area contributed by atoms with Gasteiger partial charge in [-0.05, 0) is 30.7 Å². The van der Waals surface area contributed by atoms with E-state index >= 15 is 0 Å². The molecule has 0 bridgehead atoms. The van der Waals surface area contributed by atoms with E-state index in [0.717, 1.165) is 12.0 Å². The zero-order chi connectivity index (χ0) is 14.1. The summed E-state index contributed by atoms with van der Waals surface area (Å²) in [6, 6.07) is 9.99. The predicted molar refractivity (Wildman–Crippen MR) is 73.8 cm³/mol. The van der Waals surface area contributed by atoms with Gasteiger partial charge in [0.05, 0.1) is 18.1 Å². The van der Waals surface area contributed by atoms with E-state index in [0.29, 0.717) is 13.0 Å². The van der Waals surface area contributed by atoms with Crippen LogP contribution in [-0.4, -0.2) is 17.2 Å². The molecule has 0 saturated heterocycles. The Morgan fingerprint density at radius 2 is 1.89 bits per heavy atom. The highest BCUT2D eigenvalue weighted by Crippen LogP contribution is 2.53. The van der Waals surface area contributed by atoms with Gasteiger partial charge >= 0.3 is 5.97 Å². The molecule has 1 aromatic carbocycles. The second-order valence-electron chi connectivity index (χ2n) is 6.35. The lowest BCUT2D eigenvalue weighted by Crippen LogP contribution is -2.37. The van der Waals surface area contributed by atoms with Gasteiger partial charge in [-0.1, -0.05) is 44.2 Å². The third-order valence-corrected chi connectivity index (χ3v) is 4.67. The highest BCUT2D eigenvalue weighted by Gasteiger charge is 2.54. The van der Waals surface area contributed by atoms with Crippen LogP contribution in [0.3, 0.4) is 0 Å². The van der Waals surface area contributed by atoms with Crippen LogP contribution in [0.1, 0.15) is 39.2 Å². The van der Waals surface area contributed by atoms with Gasteiger partial charge in [-0.25, -0.2) is 0 Å². The van der Waals surface area contributed by atoms with Crippen molar-refractivity contribution in [3.05, 3.63) is 35.9 Å². The summed E-state index contributed by atoms with van der Waals surface area (Å²) >= 11 is 0. The first-order chi connectivity index (χ1) is 8.85. The molecule has 0 aromatic heterocycles.